The summed E-state index contributed by atoms with van der Waals surface area (Å²) in [5.74, 6) is 0.975. The number of nitrogens with zero attached hydrogens (tertiary/aromatic N) is 3. The first-order valence-corrected chi connectivity index (χ1v) is 7.71. The van der Waals surface area contributed by atoms with Crippen LogP contribution in [0.4, 0.5) is 22.1 Å². The lowest BCUT2D eigenvalue weighted by atomic mass is 10.3. The van der Waals surface area contributed by atoms with Crippen molar-refractivity contribution in [2.45, 2.75) is 6.92 Å². The second kappa shape index (κ2) is 7.10. The number of halogens is 1. The minimum Gasteiger partial charge on any atom is -0.307 e. The van der Waals surface area contributed by atoms with E-state index in [1.807, 2.05) is 25.1 Å². The zero-order valence-electron chi connectivity index (χ0n) is 13.0. The van der Waals surface area contributed by atoms with Crippen molar-refractivity contribution in [3.8, 4) is 0 Å². The number of carbonyl (C=O) groups is 1. The van der Waals surface area contributed by atoms with Gasteiger partial charge < -0.3 is 5.32 Å². The van der Waals surface area contributed by atoms with E-state index >= 15 is 0 Å². The Morgan fingerprint density at radius 2 is 1.83 bits per heavy atom. The summed E-state index contributed by atoms with van der Waals surface area (Å²) in [6.45, 7) is 1.94. The van der Waals surface area contributed by atoms with Gasteiger partial charge in [0.05, 0.1) is 0 Å². The Kier molecular flexibility index (Phi) is 4.72. The Bertz CT molecular complexity index is 854. The first kappa shape index (κ1) is 16.0. The van der Waals surface area contributed by atoms with Crippen molar-refractivity contribution in [2.75, 3.05) is 10.2 Å². The molecule has 0 radical (unpaired) electrons. The summed E-state index contributed by atoms with van der Waals surface area (Å²) in [5, 5.41) is 3.37. The Morgan fingerprint density at radius 1 is 1.00 bits per heavy atom. The molecule has 0 unspecified atom stereocenters. The maximum atomic E-state index is 12.8. The third kappa shape index (κ3) is 3.70. The molecule has 6 heteroatoms. The molecule has 0 saturated carbocycles. The molecule has 0 aliphatic carbocycles. The van der Waals surface area contributed by atoms with Crippen molar-refractivity contribution < 1.29 is 4.79 Å². The van der Waals surface area contributed by atoms with E-state index in [1.165, 1.54) is 4.90 Å². The summed E-state index contributed by atoms with van der Waals surface area (Å²) >= 11 is 5.97. The summed E-state index contributed by atoms with van der Waals surface area (Å²) in [6.07, 6.45) is 3.29. The minimum atomic E-state index is -0.367. The topological polar surface area (TPSA) is 58.1 Å². The van der Waals surface area contributed by atoms with Crippen LogP contribution in [-0.2, 0) is 0 Å². The molecular weight excluding hydrogens is 324 g/mol. The first-order valence-electron chi connectivity index (χ1n) is 7.34. The number of aromatic nitrogens is 2. The standard InChI is InChI=1S/C18H15ClN4O/c1-13-8-10-21-17(11-13)23(16-7-2-3-9-20-16)18(24)22-15-6-4-5-14(19)12-15/h2-12H,1H3,(H,22,24). The van der Waals surface area contributed by atoms with E-state index in [4.69, 9.17) is 11.6 Å². The van der Waals surface area contributed by atoms with Gasteiger partial charge in [-0.05, 0) is 55.0 Å². The van der Waals surface area contributed by atoms with Gasteiger partial charge in [0.15, 0.2) is 0 Å². The summed E-state index contributed by atoms with van der Waals surface area (Å²) in [6, 6.07) is 15.7. The highest BCUT2D eigenvalue weighted by Crippen LogP contribution is 2.24. The lowest BCUT2D eigenvalue weighted by molar-refractivity contribution is 0.258. The molecule has 3 rings (SSSR count). The smallest absolute Gasteiger partial charge is 0.307 e. The summed E-state index contributed by atoms with van der Waals surface area (Å²) in [5.41, 5.74) is 1.59. The zero-order chi connectivity index (χ0) is 16.9. The van der Waals surface area contributed by atoms with Gasteiger partial charge in [0.25, 0.3) is 0 Å². The Hall–Kier alpha value is -2.92. The summed E-state index contributed by atoms with van der Waals surface area (Å²) in [4.78, 5) is 22.8. The fourth-order valence-electron chi connectivity index (χ4n) is 2.20. The molecule has 0 aliphatic heterocycles. The number of carbonyl (C=O) groups excluding carboxylic acids is 1. The van der Waals surface area contributed by atoms with Crippen molar-refractivity contribution in [1.82, 2.24) is 9.97 Å². The van der Waals surface area contributed by atoms with E-state index in [9.17, 15) is 4.79 Å². The van der Waals surface area contributed by atoms with Gasteiger partial charge in [-0.15, -0.1) is 0 Å². The average molecular weight is 339 g/mol. The number of nitrogens with one attached hydrogen (secondary N) is 1. The molecule has 24 heavy (non-hydrogen) atoms. The molecule has 0 saturated heterocycles. The van der Waals surface area contributed by atoms with Gasteiger partial charge >= 0.3 is 6.03 Å². The van der Waals surface area contributed by atoms with Crippen molar-refractivity contribution in [3.63, 3.8) is 0 Å². The third-order valence-electron chi connectivity index (χ3n) is 3.29. The highest BCUT2D eigenvalue weighted by Gasteiger charge is 2.20. The van der Waals surface area contributed by atoms with E-state index in [-0.39, 0.29) is 6.03 Å². The molecule has 0 bridgehead atoms. The van der Waals surface area contributed by atoms with E-state index in [1.54, 1.807) is 48.8 Å². The number of amides is 2. The largest absolute Gasteiger partial charge is 0.333 e. The maximum Gasteiger partial charge on any atom is 0.333 e. The maximum absolute atomic E-state index is 12.8. The van der Waals surface area contributed by atoms with Crippen LogP contribution in [-0.4, -0.2) is 16.0 Å². The molecule has 3 aromatic rings. The van der Waals surface area contributed by atoms with Crippen LogP contribution in [0.2, 0.25) is 5.02 Å². The van der Waals surface area contributed by atoms with Crippen LogP contribution in [0.15, 0.2) is 67.0 Å². The molecular formula is C18H15ClN4O. The molecule has 0 fully saturated rings. The highest BCUT2D eigenvalue weighted by molar-refractivity contribution is 6.31. The van der Waals surface area contributed by atoms with Gasteiger partial charge in [0.2, 0.25) is 0 Å². The van der Waals surface area contributed by atoms with Gasteiger partial charge in [-0.2, -0.15) is 0 Å². The number of aryl methyl sites for hydroxylation is 1. The normalized spacial score (nSPS) is 10.2. The molecule has 1 aromatic carbocycles. The minimum absolute atomic E-state index is 0.367. The Morgan fingerprint density at radius 3 is 2.54 bits per heavy atom. The number of rotatable bonds is 3. The fraction of sp³-hybridized carbons (Fsp3) is 0.0556. The Labute approximate surface area is 144 Å². The van der Waals surface area contributed by atoms with Crippen molar-refractivity contribution >= 4 is 35.0 Å². The van der Waals surface area contributed by atoms with Crippen LogP contribution in [0.5, 0.6) is 0 Å². The number of pyridine rings is 2. The lowest BCUT2D eigenvalue weighted by Crippen LogP contribution is -2.32. The molecule has 2 aromatic heterocycles. The van der Waals surface area contributed by atoms with Crippen molar-refractivity contribution in [2.24, 2.45) is 0 Å². The summed E-state index contributed by atoms with van der Waals surface area (Å²) < 4.78 is 0. The first-order chi connectivity index (χ1) is 11.6. The molecule has 0 spiro atoms. The lowest BCUT2D eigenvalue weighted by Gasteiger charge is -2.21. The predicted octanol–water partition coefficient (Wildman–Crippen LogP) is 4.81. The molecule has 1 N–H and O–H groups in total. The number of hydrogen-bond acceptors (Lipinski definition) is 3. The van der Waals surface area contributed by atoms with Crippen LogP contribution < -0.4 is 10.2 Å². The number of urea groups is 1. The predicted molar refractivity (Wildman–Crippen MR) is 95.8 cm³/mol. The van der Waals surface area contributed by atoms with Crippen LogP contribution in [0, 0.1) is 6.92 Å². The summed E-state index contributed by atoms with van der Waals surface area (Å²) in [7, 11) is 0. The highest BCUT2D eigenvalue weighted by atomic mass is 35.5. The van der Waals surface area contributed by atoms with E-state index < -0.39 is 0 Å². The number of anilines is 3. The van der Waals surface area contributed by atoms with Crippen molar-refractivity contribution in [3.05, 3.63) is 77.6 Å². The van der Waals surface area contributed by atoms with E-state index in [0.717, 1.165) is 5.56 Å². The monoisotopic (exact) mass is 338 g/mol. The molecule has 0 aliphatic rings. The number of hydrogen-bond donors (Lipinski definition) is 1. The zero-order valence-corrected chi connectivity index (χ0v) is 13.7. The van der Waals surface area contributed by atoms with E-state index in [0.29, 0.717) is 22.3 Å². The quantitative estimate of drug-likeness (QED) is 0.745. The van der Waals surface area contributed by atoms with E-state index in [2.05, 4.69) is 15.3 Å². The molecule has 2 amide bonds. The second-order valence-corrected chi connectivity index (χ2v) is 5.59. The van der Waals surface area contributed by atoms with Crippen LogP contribution in [0.3, 0.4) is 0 Å². The van der Waals surface area contributed by atoms with Gasteiger partial charge in [0.1, 0.15) is 11.6 Å². The Balaban J connectivity index is 1.97. The van der Waals surface area contributed by atoms with Gasteiger partial charge in [-0.3, -0.25) is 0 Å². The SMILES string of the molecule is Cc1ccnc(N(C(=O)Nc2cccc(Cl)c2)c2ccccn2)c1. The molecule has 5 nitrogen and oxygen atoms in total. The van der Waals surface area contributed by atoms with Gasteiger partial charge in [-0.25, -0.2) is 19.7 Å². The molecule has 120 valence electrons. The molecule has 2 heterocycles. The van der Waals surface area contributed by atoms with Gasteiger partial charge in [-0.1, -0.05) is 23.7 Å². The van der Waals surface area contributed by atoms with Crippen LogP contribution in [0.25, 0.3) is 0 Å². The average Bonchev–Trinajstić information content (AvgIpc) is 2.56. The van der Waals surface area contributed by atoms with Crippen LogP contribution in [0.1, 0.15) is 5.56 Å². The van der Waals surface area contributed by atoms with Gasteiger partial charge in [0, 0.05) is 23.1 Å². The number of benzene rings is 1. The third-order valence-corrected chi connectivity index (χ3v) is 3.52. The van der Waals surface area contributed by atoms with Crippen molar-refractivity contribution in [1.29, 1.82) is 0 Å². The second-order valence-electron chi connectivity index (χ2n) is 5.16. The molecule has 0 atom stereocenters. The fourth-order valence-corrected chi connectivity index (χ4v) is 2.39. The van der Waals surface area contributed by atoms with Crippen LogP contribution >= 0.6 is 11.6 Å².